The predicted octanol–water partition coefficient (Wildman–Crippen LogP) is 11.6. The van der Waals surface area contributed by atoms with E-state index >= 15 is 0 Å². The Kier molecular flexibility index (Phi) is 7.22. The van der Waals surface area contributed by atoms with Gasteiger partial charge in [-0.05, 0) is 161 Å². The minimum absolute atomic E-state index is 0.501. The second-order valence-corrected chi connectivity index (χ2v) is 14.0. The molecule has 0 amide bonds. The predicted molar refractivity (Wildman–Crippen MR) is 204 cm³/mol. The average Bonchev–Trinajstić information content (AvgIpc) is 3.53. The summed E-state index contributed by atoms with van der Waals surface area (Å²) in [6, 6.07) is 36.6. The lowest BCUT2D eigenvalue weighted by atomic mass is 9.70. The van der Waals surface area contributed by atoms with E-state index in [0.29, 0.717) is 0 Å². The highest BCUT2D eigenvalue weighted by atomic mass is 16.5. The van der Waals surface area contributed by atoms with E-state index < -0.39 is 5.41 Å². The molecule has 0 bridgehead atoms. The van der Waals surface area contributed by atoms with Crippen molar-refractivity contribution in [2.24, 2.45) is 0 Å². The Labute approximate surface area is 290 Å². The van der Waals surface area contributed by atoms with Crippen molar-refractivity contribution in [3.63, 3.8) is 0 Å². The largest absolute Gasteiger partial charge is 0.493 e. The Morgan fingerprint density at radius 1 is 0.469 bits per heavy atom. The molecule has 2 aliphatic carbocycles. The molecule has 0 fully saturated rings. The van der Waals surface area contributed by atoms with Crippen molar-refractivity contribution in [2.75, 3.05) is 19.5 Å². The summed E-state index contributed by atoms with van der Waals surface area (Å²) in [5.41, 5.74) is 22.2. The smallest absolute Gasteiger partial charge is 0.161 e. The standard InChI is InChI=1S/C46H43NO2/c1-9-31-11-15-36-39-24-44(48-7)45(49-8)25-43(39)46(41(36)22-31)40-21-28(4)27(3)20-38(40)37-17-13-33(23-42(37)46)47-32-12-16-35(30(6)19-32)34-14-10-26(2)18-29(34)5/h10-25,47H,9H2,1-8H3. The highest BCUT2D eigenvalue weighted by Crippen LogP contribution is 2.64. The first kappa shape index (κ1) is 31.0. The molecule has 3 heteroatoms. The second-order valence-electron chi connectivity index (χ2n) is 14.0. The van der Waals surface area contributed by atoms with Crippen LogP contribution in [0.3, 0.4) is 0 Å². The van der Waals surface area contributed by atoms with Crippen molar-refractivity contribution < 1.29 is 9.47 Å². The van der Waals surface area contributed by atoms with Gasteiger partial charge in [-0.15, -0.1) is 0 Å². The SMILES string of the molecule is CCc1ccc2c(c1)C1(c3cc(Nc4ccc(-c5ccc(C)cc5C)c(C)c4)ccc3-c3cc(C)c(C)cc31)c1cc(OC)c(OC)cc1-2. The molecule has 0 radical (unpaired) electrons. The van der Waals surface area contributed by atoms with Crippen molar-refractivity contribution in [3.05, 3.63) is 153 Å². The first-order chi connectivity index (χ1) is 23.7. The number of ether oxygens (including phenoxy) is 2. The molecule has 1 atom stereocenters. The zero-order chi connectivity index (χ0) is 34.2. The first-order valence-corrected chi connectivity index (χ1v) is 17.3. The molecule has 0 aromatic heterocycles. The number of anilines is 2. The van der Waals surface area contributed by atoms with E-state index in [-0.39, 0.29) is 0 Å². The molecule has 6 aromatic carbocycles. The van der Waals surface area contributed by atoms with Crippen LogP contribution in [-0.2, 0) is 11.8 Å². The Hall–Kier alpha value is -5.28. The summed E-state index contributed by atoms with van der Waals surface area (Å²) in [6.07, 6.45) is 0.970. The molecule has 1 N–H and O–H groups in total. The van der Waals surface area contributed by atoms with Crippen LogP contribution in [-0.4, -0.2) is 14.2 Å². The number of nitrogens with one attached hydrogen (secondary N) is 1. The number of rotatable bonds is 6. The fourth-order valence-corrected chi connectivity index (χ4v) is 8.48. The van der Waals surface area contributed by atoms with Crippen molar-refractivity contribution in [1.29, 1.82) is 0 Å². The molecule has 0 saturated carbocycles. The van der Waals surface area contributed by atoms with Crippen molar-refractivity contribution in [2.45, 2.75) is 53.4 Å². The third-order valence-electron chi connectivity index (χ3n) is 11.1. The van der Waals surface area contributed by atoms with Crippen LogP contribution in [0, 0.1) is 34.6 Å². The van der Waals surface area contributed by atoms with Crippen LogP contribution in [0.5, 0.6) is 11.5 Å². The maximum absolute atomic E-state index is 5.96. The van der Waals surface area contributed by atoms with E-state index in [0.717, 1.165) is 29.3 Å². The minimum atomic E-state index is -0.501. The lowest BCUT2D eigenvalue weighted by Crippen LogP contribution is -2.26. The van der Waals surface area contributed by atoms with Gasteiger partial charge in [-0.2, -0.15) is 0 Å². The molecule has 244 valence electrons. The van der Waals surface area contributed by atoms with Gasteiger partial charge >= 0.3 is 0 Å². The first-order valence-electron chi connectivity index (χ1n) is 17.3. The van der Waals surface area contributed by atoms with Gasteiger partial charge in [-0.3, -0.25) is 0 Å². The molecule has 8 rings (SSSR count). The fraction of sp³-hybridized carbons (Fsp3) is 0.217. The van der Waals surface area contributed by atoms with Gasteiger partial charge in [0.1, 0.15) is 0 Å². The number of benzene rings is 6. The zero-order valence-corrected chi connectivity index (χ0v) is 29.8. The highest BCUT2D eigenvalue weighted by Gasteiger charge is 2.52. The molecule has 1 spiro atoms. The Balaban J connectivity index is 1.34. The summed E-state index contributed by atoms with van der Waals surface area (Å²) in [4.78, 5) is 0. The van der Waals surface area contributed by atoms with Crippen LogP contribution in [0.1, 0.15) is 62.6 Å². The van der Waals surface area contributed by atoms with E-state index in [1.807, 2.05) is 0 Å². The maximum Gasteiger partial charge on any atom is 0.161 e. The quantitative estimate of drug-likeness (QED) is 0.196. The Morgan fingerprint density at radius 3 is 1.67 bits per heavy atom. The van der Waals surface area contributed by atoms with Crippen LogP contribution in [0.4, 0.5) is 11.4 Å². The van der Waals surface area contributed by atoms with Crippen LogP contribution >= 0.6 is 0 Å². The minimum Gasteiger partial charge on any atom is -0.493 e. The van der Waals surface area contributed by atoms with E-state index in [1.165, 1.54) is 89.0 Å². The number of methoxy groups -OCH3 is 2. The normalized spacial score (nSPS) is 15.1. The summed E-state index contributed by atoms with van der Waals surface area (Å²) in [6.45, 7) is 13.2. The average molecular weight is 642 g/mol. The molecular weight excluding hydrogens is 599 g/mol. The Bertz CT molecular complexity index is 2330. The molecule has 2 aliphatic rings. The van der Waals surface area contributed by atoms with E-state index in [2.05, 4.69) is 144 Å². The number of hydrogen-bond donors (Lipinski definition) is 1. The van der Waals surface area contributed by atoms with Gasteiger partial charge in [-0.25, -0.2) is 0 Å². The molecule has 3 nitrogen and oxygen atoms in total. The third-order valence-corrected chi connectivity index (χ3v) is 11.1. The lowest BCUT2D eigenvalue weighted by molar-refractivity contribution is 0.354. The zero-order valence-electron chi connectivity index (χ0n) is 29.8. The summed E-state index contributed by atoms with van der Waals surface area (Å²) in [7, 11) is 3.45. The van der Waals surface area contributed by atoms with Crippen molar-refractivity contribution in [1.82, 2.24) is 0 Å². The van der Waals surface area contributed by atoms with Crippen LogP contribution in [0.25, 0.3) is 33.4 Å². The topological polar surface area (TPSA) is 30.5 Å². The summed E-state index contributed by atoms with van der Waals surface area (Å²) in [5.74, 6) is 1.49. The summed E-state index contributed by atoms with van der Waals surface area (Å²) >= 11 is 0. The van der Waals surface area contributed by atoms with Gasteiger partial charge in [0, 0.05) is 11.4 Å². The number of fused-ring (bicyclic) bond motifs is 10. The monoisotopic (exact) mass is 641 g/mol. The second kappa shape index (κ2) is 11.4. The molecular formula is C46H43NO2. The molecule has 6 aromatic rings. The van der Waals surface area contributed by atoms with Crippen molar-refractivity contribution in [3.8, 4) is 44.9 Å². The highest BCUT2D eigenvalue weighted by molar-refractivity contribution is 5.97. The van der Waals surface area contributed by atoms with Gasteiger partial charge in [0.15, 0.2) is 11.5 Å². The van der Waals surface area contributed by atoms with E-state index in [9.17, 15) is 0 Å². The summed E-state index contributed by atoms with van der Waals surface area (Å²) in [5, 5.41) is 3.80. The van der Waals surface area contributed by atoms with Gasteiger partial charge in [0.25, 0.3) is 0 Å². The van der Waals surface area contributed by atoms with Crippen molar-refractivity contribution >= 4 is 11.4 Å². The van der Waals surface area contributed by atoms with Crippen LogP contribution in [0.2, 0.25) is 0 Å². The van der Waals surface area contributed by atoms with Gasteiger partial charge < -0.3 is 14.8 Å². The van der Waals surface area contributed by atoms with Crippen LogP contribution < -0.4 is 14.8 Å². The fourth-order valence-electron chi connectivity index (χ4n) is 8.48. The van der Waals surface area contributed by atoms with Gasteiger partial charge in [-0.1, -0.05) is 73.2 Å². The van der Waals surface area contributed by atoms with Gasteiger partial charge in [0.05, 0.1) is 19.6 Å². The molecule has 1 unspecified atom stereocenters. The lowest BCUT2D eigenvalue weighted by Gasteiger charge is -2.31. The van der Waals surface area contributed by atoms with E-state index in [4.69, 9.17) is 9.47 Å². The summed E-state index contributed by atoms with van der Waals surface area (Å²) < 4.78 is 11.8. The van der Waals surface area contributed by atoms with Crippen LogP contribution in [0.15, 0.2) is 97.1 Å². The molecule has 0 saturated heterocycles. The van der Waals surface area contributed by atoms with Gasteiger partial charge in [0.2, 0.25) is 0 Å². The number of hydrogen-bond acceptors (Lipinski definition) is 3. The third kappa shape index (κ3) is 4.55. The molecule has 0 aliphatic heterocycles. The Morgan fingerprint density at radius 2 is 1.00 bits per heavy atom. The maximum atomic E-state index is 5.96. The molecule has 49 heavy (non-hydrogen) atoms. The number of aryl methyl sites for hydroxylation is 6. The van der Waals surface area contributed by atoms with E-state index in [1.54, 1.807) is 14.2 Å². The molecule has 0 heterocycles.